The van der Waals surface area contributed by atoms with Gasteiger partial charge in [0.2, 0.25) is 0 Å². The Morgan fingerprint density at radius 3 is 2.52 bits per heavy atom. The lowest BCUT2D eigenvalue weighted by Crippen LogP contribution is -2.29. The van der Waals surface area contributed by atoms with Crippen LogP contribution in [-0.4, -0.2) is 39.7 Å². The molecular formula is C16H23NO5S. The van der Waals surface area contributed by atoms with Crippen molar-refractivity contribution in [2.75, 3.05) is 19.4 Å². The SMILES string of the molecule is CCCCCNC(=O)COC(=O)c1cc(S(C)(=O)=O)ccc1C. The molecule has 0 saturated carbocycles. The molecule has 23 heavy (non-hydrogen) atoms. The highest BCUT2D eigenvalue weighted by Crippen LogP contribution is 2.16. The van der Waals surface area contributed by atoms with Crippen molar-refractivity contribution in [2.24, 2.45) is 0 Å². The van der Waals surface area contributed by atoms with Crippen LogP contribution < -0.4 is 5.32 Å². The molecule has 0 saturated heterocycles. The quantitative estimate of drug-likeness (QED) is 0.576. The molecular weight excluding hydrogens is 318 g/mol. The van der Waals surface area contributed by atoms with E-state index in [4.69, 9.17) is 4.74 Å². The topological polar surface area (TPSA) is 89.5 Å². The van der Waals surface area contributed by atoms with Gasteiger partial charge in [0.25, 0.3) is 5.91 Å². The van der Waals surface area contributed by atoms with Crippen LogP contribution in [0.15, 0.2) is 23.1 Å². The van der Waals surface area contributed by atoms with Gasteiger partial charge in [-0.3, -0.25) is 4.79 Å². The van der Waals surface area contributed by atoms with E-state index in [-0.39, 0.29) is 23.0 Å². The molecule has 0 aliphatic carbocycles. The fourth-order valence-corrected chi connectivity index (χ4v) is 2.56. The largest absolute Gasteiger partial charge is 0.452 e. The first kappa shape index (κ1) is 19.2. The van der Waals surface area contributed by atoms with Crippen LogP contribution in [-0.2, 0) is 19.4 Å². The molecule has 7 heteroatoms. The van der Waals surface area contributed by atoms with Gasteiger partial charge in [-0.15, -0.1) is 0 Å². The van der Waals surface area contributed by atoms with Crippen molar-refractivity contribution in [1.82, 2.24) is 5.32 Å². The van der Waals surface area contributed by atoms with Crippen LogP contribution in [0.4, 0.5) is 0 Å². The first-order chi connectivity index (χ1) is 10.8. The summed E-state index contributed by atoms with van der Waals surface area (Å²) in [4.78, 5) is 23.6. The molecule has 1 amide bonds. The second-order valence-corrected chi connectivity index (χ2v) is 7.40. The molecule has 0 atom stereocenters. The number of unbranched alkanes of at least 4 members (excludes halogenated alkanes) is 2. The highest BCUT2D eigenvalue weighted by Gasteiger charge is 2.16. The number of ether oxygens (including phenoxy) is 1. The van der Waals surface area contributed by atoms with Crippen LogP contribution in [0, 0.1) is 6.92 Å². The zero-order valence-electron chi connectivity index (χ0n) is 13.7. The Kier molecular flexibility index (Phi) is 7.22. The first-order valence-corrected chi connectivity index (χ1v) is 9.39. The Morgan fingerprint density at radius 2 is 1.91 bits per heavy atom. The Labute approximate surface area is 137 Å². The molecule has 6 nitrogen and oxygen atoms in total. The second-order valence-electron chi connectivity index (χ2n) is 5.38. The van der Waals surface area contributed by atoms with Crippen molar-refractivity contribution >= 4 is 21.7 Å². The van der Waals surface area contributed by atoms with Gasteiger partial charge in [0.05, 0.1) is 10.5 Å². The lowest BCUT2D eigenvalue weighted by atomic mass is 10.1. The van der Waals surface area contributed by atoms with Gasteiger partial charge in [-0.2, -0.15) is 0 Å². The number of rotatable bonds is 8. The van der Waals surface area contributed by atoms with Gasteiger partial charge in [-0.1, -0.05) is 25.8 Å². The maximum absolute atomic E-state index is 12.0. The third-order valence-electron chi connectivity index (χ3n) is 3.29. The maximum Gasteiger partial charge on any atom is 0.338 e. The Hall–Kier alpha value is -1.89. The molecule has 1 aromatic carbocycles. The zero-order chi connectivity index (χ0) is 17.5. The van der Waals surface area contributed by atoms with Crippen molar-refractivity contribution in [2.45, 2.75) is 38.0 Å². The summed E-state index contributed by atoms with van der Waals surface area (Å²) in [5.41, 5.74) is 0.734. The monoisotopic (exact) mass is 341 g/mol. The van der Waals surface area contributed by atoms with Gasteiger partial charge in [-0.25, -0.2) is 13.2 Å². The lowest BCUT2D eigenvalue weighted by molar-refractivity contribution is -0.124. The molecule has 0 aromatic heterocycles. The number of amides is 1. The molecule has 1 rings (SSSR count). The molecule has 0 spiro atoms. The fraction of sp³-hybridized carbons (Fsp3) is 0.500. The summed E-state index contributed by atoms with van der Waals surface area (Å²) in [5.74, 6) is -1.08. The number of benzene rings is 1. The molecule has 0 unspecified atom stereocenters. The number of aryl methyl sites for hydroxylation is 1. The lowest BCUT2D eigenvalue weighted by Gasteiger charge is -2.09. The van der Waals surface area contributed by atoms with Crippen LogP contribution in [0.25, 0.3) is 0 Å². The van der Waals surface area contributed by atoms with Crippen molar-refractivity contribution in [3.8, 4) is 0 Å². The van der Waals surface area contributed by atoms with Gasteiger partial charge < -0.3 is 10.1 Å². The van der Waals surface area contributed by atoms with E-state index in [1.807, 2.05) is 0 Å². The van der Waals surface area contributed by atoms with Crippen LogP contribution in [0.5, 0.6) is 0 Å². The predicted octanol–water partition coefficient (Wildman–Crippen LogP) is 1.86. The van der Waals surface area contributed by atoms with Gasteiger partial charge in [0.15, 0.2) is 16.4 Å². The van der Waals surface area contributed by atoms with E-state index in [1.54, 1.807) is 6.92 Å². The summed E-state index contributed by atoms with van der Waals surface area (Å²) in [6.45, 7) is 3.91. The first-order valence-electron chi connectivity index (χ1n) is 7.50. The van der Waals surface area contributed by atoms with Gasteiger partial charge in [-0.05, 0) is 31.0 Å². The van der Waals surface area contributed by atoms with Crippen molar-refractivity contribution in [3.63, 3.8) is 0 Å². The summed E-state index contributed by atoms with van der Waals surface area (Å²) >= 11 is 0. The van der Waals surface area contributed by atoms with Gasteiger partial charge >= 0.3 is 5.97 Å². The average molecular weight is 341 g/mol. The number of carbonyl (C=O) groups is 2. The smallest absolute Gasteiger partial charge is 0.338 e. The summed E-state index contributed by atoms with van der Waals surface area (Å²) in [6.07, 6.45) is 4.03. The Bertz CT molecular complexity index is 667. The van der Waals surface area contributed by atoms with Crippen molar-refractivity contribution in [1.29, 1.82) is 0 Å². The molecule has 1 N–H and O–H groups in total. The van der Waals surface area contributed by atoms with Gasteiger partial charge in [0, 0.05) is 12.8 Å². The third-order valence-corrected chi connectivity index (χ3v) is 4.40. The highest BCUT2D eigenvalue weighted by atomic mass is 32.2. The number of hydrogen-bond acceptors (Lipinski definition) is 5. The summed E-state index contributed by atoms with van der Waals surface area (Å²) in [5, 5.41) is 2.66. The van der Waals surface area contributed by atoms with E-state index in [0.29, 0.717) is 12.1 Å². The number of sulfone groups is 1. The Morgan fingerprint density at radius 1 is 1.22 bits per heavy atom. The number of hydrogen-bond donors (Lipinski definition) is 1. The minimum absolute atomic E-state index is 0.0408. The second kappa shape index (κ2) is 8.67. The summed E-state index contributed by atoms with van der Waals surface area (Å²) < 4.78 is 28.0. The standard InChI is InChI=1S/C16H23NO5S/c1-4-5-6-9-17-15(18)11-22-16(19)14-10-13(23(3,20)21)8-7-12(14)2/h7-8,10H,4-6,9,11H2,1-3H3,(H,17,18). The fourth-order valence-electron chi connectivity index (χ4n) is 1.91. The van der Waals surface area contributed by atoms with E-state index < -0.39 is 15.8 Å². The average Bonchev–Trinajstić information content (AvgIpc) is 2.48. The highest BCUT2D eigenvalue weighted by molar-refractivity contribution is 7.90. The van der Waals surface area contributed by atoms with Crippen LogP contribution in [0.1, 0.15) is 42.1 Å². The van der Waals surface area contributed by atoms with Gasteiger partial charge in [0.1, 0.15) is 0 Å². The van der Waals surface area contributed by atoms with E-state index >= 15 is 0 Å². The number of carbonyl (C=O) groups excluding carboxylic acids is 2. The molecule has 0 aliphatic rings. The summed E-state index contributed by atoms with van der Waals surface area (Å²) in [7, 11) is -3.41. The Balaban J connectivity index is 2.63. The molecule has 128 valence electrons. The van der Waals surface area contributed by atoms with E-state index in [2.05, 4.69) is 12.2 Å². The van der Waals surface area contributed by atoms with Crippen molar-refractivity contribution < 1.29 is 22.7 Å². The minimum atomic E-state index is -3.41. The van der Waals surface area contributed by atoms with Crippen LogP contribution in [0.2, 0.25) is 0 Å². The molecule has 0 fully saturated rings. The molecule has 1 aromatic rings. The van der Waals surface area contributed by atoms with Crippen LogP contribution in [0.3, 0.4) is 0 Å². The maximum atomic E-state index is 12.0. The number of nitrogens with one attached hydrogen (secondary N) is 1. The van der Waals surface area contributed by atoms with Crippen LogP contribution >= 0.6 is 0 Å². The predicted molar refractivity (Wildman–Crippen MR) is 87.1 cm³/mol. The molecule has 0 bridgehead atoms. The van der Waals surface area contributed by atoms with E-state index in [9.17, 15) is 18.0 Å². The molecule has 0 aliphatic heterocycles. The summed E-state index contributed by atoms with van der Waals surface area (Å²) in [6, 6.07) is 4.24. The van der Waals surface area contributed by atoms with E-state index in [0.717, 1.165) is 25.5 Å². The minimum Gasteiger partial charge on any atom is -0.452 e. The third kappa shape index (κ3) is 6.40. The molecule has 0 radical (unpaired) electrons. The van der Waals surface area contributed by atoms with E-state index in [1.165, 1.54) is 18.2 Å². The van der Waals surface area contributed by atoms with Crippen molar-refractivity contribution in [3.05, 3.63) is 29.3 Å². The number of esters is 1. The normalized spacial score (nSPS) is 11.1. The zero-order valence-corrected chi connectivity index (χ0v) is 14.5. The molecule has 0 heterocycles.